The van der Waals surface area contributed by atoms with Crippen molar-refractivity contribution in [2.75, 3.05) is 13.7 Å². The number of aliphatic hydroxyl groups is 1. The van der Waals surface area contributed by atoms with Crippen LogP contribution >= 0.6 is 0 Å². The zero-order chi connectivity index (χ0) is 23.8. The van der Waals surface area contributed by atoms with E-state index in [0.29, 0.717) is 30.8 Å². The van der Waals surface area contributed by atoms with E-state index in [1.165, 1.54) is 10.6 Å². The van der Waals surface area contributed by atoms with E-state index in [2.05, 4.69) is 25.1 Å². The summed E-state index contributed by atoms with van der Waals surface area (Å²) in [5.41, 5.74) is 10.4. The van der Waals surface area contributed by atoms with E-state index >= 15 is 0 Å². The number of fused-ring (bicyclic) bond motifs is 2. The van der Waals surface area contributed by atoms with Gasteiger partial charge in [-0.15, -0.1) is 0 Å². The Morgan fingerprint density at radius 1 is 1.42 bits per heavy atom. The summed E-state index contributed by atoms with van der Waals surface area (Å²) in [5, 5.41) is 20.6. The lowest BCUT2D eigenvalue weighted by Gasteiger charge is -2.46. The van der Waals surface area contributed by atoms with Crippen molar-refractivity contribution in [1.29, 1.82) is 5.26 Å². The molecule has 33 heavy (non-hydrogen) atoms. The maximum atomic E-state index is 9.66. The smallest absolute Gasteiger partial charge is 0.218 e. The summed E-state index contributed by atoms with van der Waals surface area (Å²) < 4.78 is 6.52. The molecule has 2 heterocycles. The second-order valence-corrected chi connectivity index (χ2v) is 9.34. The van der Waals surface area contributed by atoms with Gasteiger partial charge in [-0.25, -0.2) is 14.9 Å². The van der Waals surface area contributed by atoms with Crippen LogP contribution in [0.25, 0.3) is 5.57 Å². The van der Waals surface area contributed by atoms with Gasteiger partial charge in [0.15, 0.2) is 0 Å². The fourth-order valence-corrected chi connectivity index (χ4v) is 5.06. The Morgan fingerprint density at radius 2 is 2.21 bits per heavy atom. The molecule has 1 saturated heterocycles. The Hall–Kier alpha value is -3.08. The molecule has 0 saturated carbocycles. The Morgan fingerprint density at radius 3 is 2.85 bits per heavy atom. The van der Waals surface area contributed by atoms with Gasteiger partial charge in [0.1, 0.15) is 11.9 Å². The summed E-state index contributed by atoms with van der Waals surface area (Å²) in [5.74, 6) is 1.05. The van der Waals surface area contributed by atoms with Crippen molar-refractivity contribution in [3.05, 3.63) is 64.4 Å². The highest BCUT2D eigenvalue weighted by Crippen LogP contribution is 2.50. The number of guanidine groups is 1. The molecule has 0 radical (unpaired) electrons. The van der Waals surface area contributed by atoms with E-state index < -0.39 is 5.72 Å². The van der Waals surface area contributed by atoms with Crippen LogP contribution in [-0.4, -0.2) is 41.6 Å². The van der Waals surface area contributed by atoms with Crippen LogP contribution in [0.2, 0.25) is 0 Å². The van der Waals surface area contributed by atoms with E-state index in [9.17, 15) is 10.4 Å². The fourth-order valence-electron chi connectivity index (χ4n) is 5.06. The molecule has 1 fully saturated rings. The minimum Gasteiger partial charge on any atom is -0.493 e. The highest BCUT2D eigenvalue weighted by molar-refractivity contribution is 5.79. The maximum absolute atomic E-state index is 9.66. The maximum Gasteiger partial charge on any atom is 0.218 e. The molecule has 2 aliphatic heterocycles. The summed E-state index contributed by atoms with van der Waals surface area (Å²) in [6, 6.07) is 7.98. The van der Waals surface area contributed by atoms with Gasteiger partial charge >= 0.3 is 0 Å². The van der Waals surface area contributed by atoms with Gasteiger partial charge in [0.25, 0.3) is 0 Å². The number of allylic oxidation sites excluding steroid dienone is 4. The van der Waals surface area contributed by atoms with Crippen LogP contribution in [0.3, 0.4) is 0 Å². The first-order valence-electron chi connectivity index (χ1n) is 11.4. The van der Waals surface area contributed by atoms with Crippen molar-refractivity contribution < 1.29 is 14.7 Å². The number of nitriles is 1. The SMILES string of the molecule is CC(C)=CC(CCO)C1CC2(N=C(N)N(C)O2)C2CC(c3cc(C#N)ccc3C)=CC=C2O1. The molecule has 7 heteroatoms. The first kappa shape index (κ1) is 23.1. The third-order valence-corrected chi connectivity index (χ3v) is 6.66. The molecular weight excluding hydrogens is 416 g/mol. The summed E-state index contributed by atoms with van der Waals surface area (Å²) in [7, 11) is 1.77. The molecule has 0 amide bonds. The molecule has 1 aliphatic carbocycles. The van der Waals surface area contributed by atoms with Crippen LogP contribution in [0.5, 0.6) is 0 Å². The van der Waals surface area contributed by atoms with Crippen molar-refractivity contribution in [1.82, 2.24) is 5.06 Å². The number of benzene rings is 1. The Balaban J connectivity index is 1.75. The first-order chi connectivity index (χ1) is 15.8. The van der Waals surface area contributed by atoms with E-state index in [0.717, 1.165) is 22.5 Å². The van der Waals surface area contributed by atoms with Crippen molar-refractivity contribution in [2.24, 2.45) is 22.6 Å². The van der Waals surface area contributed by atoms with E-state index in [-0.39, 0.29) is 24.5 Å². The molecule has 3 aliphatic rings. The minimum absolute atomic E-state index is 0.0320. The quantitative estimate of drug-likeness (QED) is 0.664. The van der Waals surface area contributed by atoms with Crippen LogP contribution in [0.4, 0.5) is 0 Å². The highest BCUT2D eigenvalue weighted by Gasteiger charge is 2.55. The number of aliphatic hydroxyl groups excluding tert-OH is 1. The molecule has 1 spiro atoms. The highest BCUT2D eigenvalue weighted by atomic mass is 16.7. The number of hydrogen-bond donors (Lipinski definition) is 2. The van der Waals surface area contributed by atoms with Gasteiger partial charge in [-0.05, 0) is 68.5 Å². The molecule has 174 valence electrons. The Bertz CT molecular complexity index is 1090. The van der Waals surface area contributed by atoms with Gasteiger partial charge in [-0.3, -0.25) is 0 Å². The lowest BCUT2D eigenvalue weighted by molar-refractivity contribution is -0.224. The predicted octanol–water partition coefficient (Wildman–Crippen LogP) is 3.80. The van der Waals surface area contributed by atoms with Gasteiger partial charge in [0, 0.05) is 26.0 Å². The lowest BCUT2D eigenvalue weighted by atomic mass is 9.75. The van der Waals surface area contributed by atoms with Crippen LogP contribution in [-0.2, 0) is 9.57 Å². The standard InChI is InChI=1S/C26H32N4O3/c1-16(2)11-20(9-10-31)24-14-26(29-25(28)30(4)33-26)22-13-19(7-8-23(22)32-24)21-12-18(15-27)6-5-17(21)3/h5-8,11-12,20,22,24,31H,9-10,13-14H2,1-4H3,(H2,28,29). The number of nitrogens with two attached hydrogens (primary N) is 1. The summed E-state index contributed by atoms with van der Waals surface area (Å²) in [6.45, 7) is 6.23. The van der Waals surface area contributed by atoms with E-state index in [4.69, 9.17) is 20.3 Å². The largest absolute Gasteiger partial charge is 0.493 e. The van der Waals surface area contributed by atoms with Crippen molar-refractivity contribution >= 4 is 11.5 Å². The number of ether oxygens (including phenoxy) is 1. The molecule has 4 unspecified atom stereocenters. The second-order valence-electron chi connectivity index (χ2n) is 9.34. The van der Waals surface area contributed by atoms with Gasteiger partial charge < -0.3 is 15.6 Å². The van der Waals surface area contributed by atoms with Crippen molar-refractivity contribution in [3.63, 3.8) is 0 Å². The summed E-state index contributed by atoms with van der Waals surface area (Å²) in [4.78, 5) is 11.1. The van der Waals surface area contributed by atoms with Gasteiger partial charge in [-0.2, -0.15) is 5.26 Å². The van der Waals surface area contributed by atoms with Gasteiger partial charge in [0.2, 0.25) is 11.7 Å². The number of rotatable bonds is 5. The van der Waals surface area contributed by atoms with E-state index in [1.807, 2.05) is 38.1 Å². The van der Waals surface area contributed by atoms with Crippen LogP contribution in [0, 0.1) is 30.1 Å². The zero-order valence-corrected chi connectivity index (χ0v) is 19.7. The molecule has 4 atom stereocenters. The Kier molecular flexibility index (Phi) is 6.33. The van der Waals surface area contributed by atoms with Crippen LogP contribution < -0.4 is 5.73 Å². The number of hydrogen-bond acceptors (Lipinski definition) is 7. The molecule has 3 N–H and O–H groups in total. The number of aryl methyl sites for hydroxylation is 1. The second kappa shape index (κ2) is 9.05. The number of nitrogens with zero attached hydrogens (tertiary/aromatic N) is 3. The third kappa shape index (κ3) is 4.41. The third-order valence-electron chi connectivity index (χ3n) is 6.66. The van der Waals surface area contributed by atoms with Gasteiger partial charge in [0.05, 0.1) is 17.6 Å². The molecule has 7 nitrogen and oxygen atoms in total. The fraction of sp³-hybridized carbons (Fsp3) is 0.462. The molecule has 0 aromatic heterocycles. The number of hydroxylamine groups is 2. The monoisotopic (exact) mass is 448 g/mol. The zero-order valence-electron chi connectivity index (χ0n) is 19.7. The lowest BCUT2D eigenvalue weighted by Crippen LogP contribution is -2.50. The summed E-state index contributed by atoms with van der Waals surface area (Å²) in [6.07, 6.45) is 7.81. The molecule has 4 rings (SSSR count). The van der Waals surface area contributed by atoms with Crippen LogP contribution in [0.1, 0.15) is 49.8 Å². The molecule has 1 aromatic carbocycles. The van der Waals surface area contributed by atoms with Crippen molar-refractivity contribution in [2.45, 2.75) is 51.9 Å². The predicted molar refractivity (Wildman–Crippen MR) is 127 cm³/mol. The summed E-state index contributed by atoms with van der Waals surface area (Å²) >= 11 is 0. The molecule has 0 bridgehead atoms. The normalized spacial score (nSPS) is 27.0. The average molecular weight is 449 g/mol. The molecular formula is C26H32N4O3. The average Bonchev–Trinajstić information content (AvgIpc) is 3.06. The topological polar surface area (TPSA) is 104 Å². The van der Waals surface area contributed by atoms with Crippen LogP contribution in [0.15, 0.2) is 52.8 Å². The number of aliphatic imine (C=N–C) groups is 1. The Labute approximate surface area is 195 Å². The minimum atomic E-state index is -0.878. The van der Waals surface area contributed by atoms with E-state index in [1.54, 1.807) is 7.05 Å². The molecule has 1 aromatic rings. The van der Waals surface area contributed by atoms with Gasteiger partial charge in [-0.1, -0.05) is 23.8 Å². The first-order valence-corrected chi connectivity index (χ1v) is 11.4. The van der Waals surface area contributed by atoms with Crippen molar-refractivity contribution in [3.8, 4) is 6.07 Å².